The number of hydrazone groups is 1. The Morgan fingerprint density at radius 2 is 2.04 bits per heavy atom. The van der Waals surface area contributed by atoms with Crippen molar-refractivity contribution in [3.8, 4) is 17.6 Å². The molecule has 0 saturated carbocycles. The predicted molar refractivity (Wildman–Crippen MR) is 103 cm³/mol. The molecule has 1 heterocycles. The van der Waals surface area contributed by atoms with Gasteiger partial charge < -0.3 is 14.2 Å². The third kappa shape index (κ3) is 5.33. The van der Waals surface area contributed by atoms with Crippen molar-refractivity contribution in [1.82, 2.24) is 5.01 Å². The summed E-state index contributed by atoms with van der Waals surface area (Å²) < 4.78 is 15.9. The van der Waals surface area contributed by atoms with Gasteiger partial charge in [-0.25, -0.2) is 9.80 Å². The Morgan fingerprint density at radius 1 is 1.25 bits per heavy atom. The van der Waals surface area contributed by atoms with Crippen LogP contribution >= 0.6 is 0 Å². The summed E-state index contributed by atoms with van der Waals surface area (Å²) in [5, 5.41) is 14.2. The molecule has 0 spiro atoms. The van der Waals surface area contributed by atoms with E-state index in [0.717, 1.165) is 5.56 Å². The summed E-state index contributed by atoms with van der Waals surface area (Å²) in [5.74, 6) is 0.170. The monoisotopic (exact) mass is 385 g/mol. The van der Waals surface area contributed by atoms with E-state index >= 15 is 0 Å². The maximum atomic E-state index is 12.5. The van der Waals surface area contributed by atoms with Crippen LogP contribution in [0.3, 0.4) is 0 Å². The minimum absolute atomic E-state index is 0.216. The predicted octanol–water partition coefficient (Wildman–Crippen LogP) is 2.54. The maximum Gasteiger partial charge on any atom is 0.344 e. The fourth-order valence-corrected chi connectivity index (χ4v) is 2.56. The zero-order valence-electron chi connectivity index (χ0n) is 16.2. The number of hydrogen-bond donors (Lipinski definition) is 0. The van der Waals surface area contributed by atoms with Gasteiger partial charge in [0.2, 0.25) is 0 Å². The molecule has 1 aliphatic rings. The number of nitriles is 1. The summed E-state index contributed by atoms with van der Waals surface area (Å²) in [6.45, 7) is 6.05. The van der Waals surface area contributed by atoms with Crippen LogP contribution in [0.5, 0.6) is 11.5 Å². The highest BCUT2D eigenvalue weighted by Crippen LogP contribution is 2.30. The first-order valence-electron chi connectivity index (χ1n) is 9.01. The van der Waals surface area contributed by atoms with E-state index in [4.69, 9.17) is 19.5 Å². The van der Waals surface area contributed by atoms with Crippen molar-refractivity contribution in [2.24, 2.45) is 5.10 Å². The number of nitrogens with zero attached hydrogens (tertiary/aromatic N) is 3. The molecule has 0 atom stereocenters. The van der Waals surface area contributed by atoms with Gasteiger partial charge in [0, 0.05) is 0 Å². The van der Waals surface area contributed by atoms with Gasteiger partial charge in [0.25, 0.3) is 5.91 Å². The van der Waals surface area contributed by atoms with Crippen molar-refractivity contribution in [2.75, 3.05) is 26.4 Å². The highest BCUT2D eigenvalue weighted by Gasteiger charge is 2.27. The Morgan fingerprint density at radius 3 is 2.71 bits per heavy atom. The number of hydrogen-bond acceptors (Lipinski definition) is 7. The van der Waals surface area contributed by atoms with Crippen LogP contribution in [0.2, 0.25) is 0 Å². The van der Waals surface area contributed by atoms with Crippen molar-refractivity contribution >= 4 is 23.7 Å². The lowest BCUT2D eigenvalue weighted by atomic mass is 10.1. The Hall–Kier alpha value is -3.34. The van der Waals surface area contributed by atoms with Gasteiger partial charge in [-0.2, -0.15) is 10.4 Å². The average Bonchev–Trinajstić information content (AvgIpc) is 2.93. The summed E-state index contributed by atoms with van der Waals surface area (Å²) in [5.41, 5.74) is 1.77. The number of rotatable bonds is 9. The van der Waals surface area contributed by atoms with Crippen molar-refractivity contribution in [1.29, 1.82) is 5.26 Å². The standard InChI is InChI=1S/C20H23N3O5/c1-4-26-18-12-15(7-8-17(18)28-13-19(24)27-5-2)11-16-14(3)22-23(20(16)25)10-6-9-21/h7-8,11-12H,4-6,10,13H2,1-3H3/b16-11-. The Bertz CT molecular complexity index is 839. The molecule has 8 heteroatoms. The molecule has 1 aromatic rings. The lowest BCUT2D eigenvalue weighted by Crippen LogP contribution is -2.22. The minimum atomic E-state index is -0.461. The molecular weight excluding hydrogens is 362 g/mol. The van der Waals surface area contributed by atoms with Crippen LogP contribution in [-0.2, 0) is 14.3 Å². The molecule has 0 bridgehead atoms. The Balaban J connectivity index is 2.20. The van der Waals surface area contributed by atoms with Crippen LogP contribution < -0.4 is 9.47 Å². The zero-order valence-corrected chi connectivity index (χ0v) is 16.2. The van der Waals surface area contributed by atoms with Gasteiger partial charge in [-0.15, -0.1) is 0 Å². The molecule has 0 fully saturated rings. The second-order valence-electron chi connectivity index (χ2n) is 5.81. The van der Waals surface area contributed by atoms with Crippen LogP contribution in [0.4, 0.5) is 0 Å². The highest BCUT2D eigenvalue weighted by molar-refractivity contribution is 6.26. The third-order valence-electron chi connectivity index (χ3n) is 3.79. The van der Waals surface area contributed by atoms with Gasteiger partial charge in [0.15, 0.2) is 18.1 Å². The summed E-state index contributed by atoms with van der Waals surface area (Å²) in [7, 11) is 0. The lowest BCUT2D eigenvalue weighted by molar-refractivity contribution is -0.145. The van der Waals surface area contributed by atoms with E-state index in [1.807, 2.05) is 13.0 Å². The van der Waals surface area contributed by atoms with Crippen molar-refractivity contribution in [3.05, 3.63) is 29.3 Å². The van der Waals surface area contributed by atoms with E-state index in [0.29, 0.717) is 29.4 Å². The number of amides is 1. The molecular formula is C20H23N3O5. The van der Waals surface area contributed by atoms with Crippen LogP contribution in [0.25, 0.3) is 6.08 Å². The number of carbonyl (C=O) groups excluding carboxylic acids is 2. The molecule has 1 amide bonds. The molecule has 148 valence electrons. The van der Waals surface area contributed by atoms with E-state index < -0.39 is 5.97 Å². The second kappa shape index (κ2) is 10.1. The smallest absolute Gasteiger partial charge is 0.344 e. The summed E-state index contributed by atoms with van der Waals surface area (Å²) in [6.07, 6.45) is 1.93. The van der Waals surface area contributed by atoms with Gasteiger partial charge in [-0.3, -0.25) is 4.79 Å². The highest BCUT2D eigenvalue weighted by atomic mass is 16.6. The number of esters is 1. The van der Waals surface area contributed by atoms with Crippen LogP contribution in [0, 0.1) is 11.3 Å². The fourth-order valence-electron chi connectivity index (χ4n) is 2.56. The van der Waals surface area contributed by atoms with Gasteiger partial charge >= 0.3 is 5.97 Å². The molecule has 2 rings (SSSR count). The van der Waals surface area contributed by atoms with Gasteiger partial charge in [0.1, 0.15) is 0 Å². The summed E-state index contributed by atoms with van der Waals surface area (Å²) in [4.78, 5) is 24.0. The van der Waals surface area contributed by atoms with E-state index in [1.165, 1.54) is 5.01 Å². The van der Waals surface area contributed by atoms with Gasteiger partial charge in [-0.05, 0) is 44.5 Å². The first-order chi connectivity index (χ1) is 13.5. The van der Waals surface area contributed by atoms with Gasteiger partial charge in [0.05, 0.1) is 43.5 Å². The molecule has 0 radical (unpaired) electrons. The van der Waals surface area contributed by atoms with Crippen LogP contribution in [0.1, 0.15) is 32.8 Å². The van der Waals surface area contributed by atoms with Crippen molar-refractivity contribution < 1.29 is 23.8 Å². The van der Waals surface area contributed by atoms with Crippen LogP contribution in [-0.4, -0.2) is 49.0 Å². The van der Waals surface area contributed by atoms with Crippen molar-refractivity contribution in [3.63, 3.8) is 0 Å². The van der Waals surface area contributed by atoms with Crippen LogP contribution in [0.15, 0.2) is 28.9 Å². The second-order valence-corrected chi connectivity index (χ2v) is 5.81. The topological polar surface area (TPSA) is 101 Å². The van der Waals surface area contributed by atoms with Gasteiger partial charge in [-0.1, -0.05) is 6.07 Å². The summed E-state index contributed by atoms with van der Waals surface area (Å²) in [6, 6.07) is 7.17. The first-order valence-corrected chi connectivity index (χ1v) is 9.01. The molecule has 8 nitrogen and oxygen atoms in total. The molecule has 0 aliphatic carbocycles. The molecule has 1 aromatic carbocycles. The Labute approximate surface area is 164 Å². The Kier molecular flexibility index (Phi) is 7.57. The van der Waals surface area contributed by atoms with E-state index in [2.05, 4.69) is 5.10 Å². The molecule has 0 aromatic heterocycles. The lowest BCUT2D eigenvalue weighted by Gasteiger charge is -2.12. The average molecular weight is 385 g/mol. The zero-order chi connectivity index (χ0) is 20.5. The van der Waals surface area contributed by atoms with E-state index in [-0.39, 0.29) is 32.1 Å². The SMILES string of the molecule is CCOC(=O)COc1ccc(/C=C2\C(=O)N(CCC#N)N=C2C)cc1OCC. The third-order valence-corrected chi connectivity index (χ3v) is 3.79. The van der Waals surface area contributed by atoms with Crippen molar-refractivity contribution in [2.45, 2.75) is 27.2 Å². The van der Waals surface area contributed by atoms with E-state index in [1.54, 1.807) is 38.1 Å². The minimum Gasteiger partial charge on any atom is -0.490 e. The fraction of sp³-hybridized carbons (Fsp3) is 0.400. The molecule has 1 aliphatic heterocycles. The maximum absolute atomic E-state index is 12.5. The quantitative estimate of drug-likeness (QED) is 0.478. The first kappa shape index (κ1) is 21.0. The van der Waals surface area contributed by atoms with E-state index in [9.17, 15) is 9.59 Å². The molecule has 0 saturated heterocycles. The number of ether oxygens (including phenoxy) is 3. The largest absolute Gasteiger partial charge is 0.490 e. The number of carbonyl (C=O) groups is 2. The number of benzene rings is 1. The summed E-state index contributed by atoms with van der Waals surface area (Å²) >= 11 is 0. The molecule has 0 unspecified atom stereocenters. The molecule has 0 N–H and O–H groups in total. The molecule has 28 heavy (non-hydrogen) atoms. The normalized spacial score (nSPS) is 14.6.